The minimum atomic E-state index is -0.498. The van der Waals surface area contributed by atoms with Gasteiger partial charge >= 0.3 is 0 Å². The van der Waals surface area contributed by atoms with E-state index < -0.39 is 11.9 Å². The Kier molecular flexibility index (Phi) is 5.66. The molecule has 1 unspecified atom stereocenters. The van der Waals surface area contributed by atoms with E-state index in [1.807, 2.05) is 24.3 Å². The molecular weight excluding hydrogens is 319 g/mol. The van der Waals surface area contributed by atoms with Crippen molar-refractivity contribution in [3.63, 3.8) is 0 Å². The van der Waals surface area contributed by atoms with Gasteiger partial charge in [0.2, 0.25) is 5.91 Å². The lowest BCUT2D eigenvalue weighted by Crippen LogP contribution is -2.32. The van der Waals surface area contributed by atoms with Crippen LogP contribution in [0, 0.1) is 11.7 Å². The lowest BCUT2D eigenvalue weighted by molar-refractivity contribution is -0.116. The monoisotopic (exact) mass is 342 g/mol. The number of para-hydroxylation sites is 1. The van der Waals surface area contributed by atoms with Crippen LogP contribution in [0.4, 0.5) is 15.8 Å². The van der Waals surface area contributed by atoms with Crippen molar-refractivity contribution in [1.29, 1.82) is 0 Å². The predicted octanol–water partition coefficient (Wildman–Crippen LogP) is 4.19. The minimum Gasteiger partial charge on any atom is -0.376 e. The van der Waals surface area contributed by atoms with Crippen LogP contribution in [0.25, 0.3) is 0 Å². The van der Waals surface area contributed by atoms with Crippen molar-refractivity contribution < 1.29 is 13.9 Å². The van der Waals surface area contributed by atoms with E-state index in [4.69, 9.17) is 4.74 Å². The highest BCUT2D eigenvalue weighted by molar-refractivity contribution is 5.96. The van der Waals surface area contributed by atoms with Crippen molar-refractivity contribution in [2.24, 2.45) is 5.92 Å². The minimum absolute atomic E-state index is 0.184. The highest BCUT2D eigenvalue weighted by Gasteiger charge is 2.21. The molecular formula is C20H23FN2O2. The molecule has 1 amide bonds. The number of benzene rings is 2. The van der Waals surface area contributed by atoms with Gasteiger partial charge in [0.25, 0.3) is 0 Å². The Hall–Kier alpha value is -2.40. The number of rotatable bonds is 8. The Morgan fingerprint density at radius 3 is 2.80 bits per heavy atom. The van der Waals surface area contributed by atoms with Gasteiger partial charge in [0.1, 0.15) is 11.9 Å². The molecule has 1 fully saturated rings. The quantitative estimate of drug-likeness (QED) is 0.756. The van der Waals surface area contributed by atoms with E-state index in [1.54, 1.807) is 19.1 Å². The third-order valence-corrected chi connectivity index (χ3v) is 4.15. The third kappa shape index (κ3) is 5.29. The molecule has 1 atom stereocenters. The van der Waals surface area contributed by atoms with E-state index in [0.717, 1.165) is 23.8 Å². The second-order valence-corrected chi connectivity index (χ2v) is 6.49. The van der Waals surface area contributed by atoms with Crippen LogP contribution in [-0.4, -0.2) is 18.6 Å². The molecule has 4 nitrogen and oxygen atoms in total. The maximum atomic E-state index is 13.6. The fourth-order valence-electron chi connectivity index (χ4n) is 2.50. The summed E-state index contributed by atoms with van der Waals surface area (Å²) in [5, 5.41) is 5.74. The van der Waals surface area contributed by atoms with Gasteiger partial charge in [-0.1, -0.05) is 24.3 Å². The Morgan fingerprint density at radius 1 is 1.24 bits per heavy atom. The van der Waals surface area contributed by atoms with Crippen molar-refractivity contribution >= 4 is 17.3 Å². The molecule has 0 bridgehead atoms. The predicted molar refractivity (Wildman–Crippen MR) is 96.9 cm³/mol. The van der Waals surface area contributed by atoms with Crippen LogP contribution in [0.3, 0.4) is 0 Å². The van der Waals surface area contributed by atoms with Crippen LogP contribution in [-0.2, 0) is 16.1 Å². The van der Waals surface area contributed by atoms with Crippen molar-refractivity contribution in [2.75, 3.05) is 17.2 Å². The summed E-state index contributed by atoms with van der Waals surface area (Å²) in [5.41, 5.74) is 2.08. The van der Waals surface area contributed by atoms with Crippen molar-refractivity contribution in [2.45, 2.75) is 32.4 Å². The van der Waals surface area contributed by atoms with Gasteiger partial charge in [-0.3, -0.25) is 4.79 Å². The standard InChI is InChI=1S/C20H23FN2O2/c1-14(20(24)23-19-8-3-2-7-18(19)21)22-17-6-4-5-16(11-17)13-25-12-15-9-10-15/h2-8,11,14-15,22H,9-10,12-13H2,1H3,(H,23,24). The Balaban J connectivity index is 1.53. The molecule has 0 heterocycles. The lowest BCUT2D eigenvalue weighted by Gasteiger charge is -2.16. The van der Waals surface area contributed by atoms with Crippen LogP contribution < -0.4 is 10.6 Å². The molecule has 1 aliphatic carbocycles. The summed E-state index contributed by atoms with van der Waals surface area (Å²) in [4.78, 5) is 12.2. The second kappa shape index (κ2) is 8.12. The molecule has 1 saturated carbocycles. The normalized spacial score (nSPS) is 14.8. The molecule has 0 aromatic heterocycles. The van der Waals surface area contributed by atoms with Crippen molar-refractivity contribution in [1.82, 2.24) is 0 Å². The van der Waals surface area contributed by atoms with Crippen LogP contribution in [0.5, 0.6) is 0 Å². The summed E-state index contributed by atoms with van der Waals surface area (Å²) in [5.74, 6) is 0.00162. The third-order valence-electron chi connectivity index (χ3n) is 4.15. The van der Waals surface area contributed by atoms with Crippen LogP contribution in [0.1, 0.15) is 25.3 Å². The maximum absolute atomic E-state index is 13.6. The number of hydrogen-bond donors (Lipinski definition) is 2. The first-order valence-electron chi connectivity index (χ1n) is 8.60. The summed E-state index contributed by atoms with van der Waals surface area (Å²) in [6.07, 6.45) is 2.55. The van der Waals surface area contributed by atoms with E-state index in [2.05, 4.69) is 10.6 Å². The summed E-state index contributed by atoms with van der Waals surface area (Å²) in [7, 11) is 0. The smallest absolute Gasteiger partial charge is 0.246 e. The molecule has 0 radical (unpaired) electrons. The molecule has 0 aliphatic heterocycles. The fourth-order valence-corrected chi connectivity index (χ4v) is 2.50. The van der Waals surface area contributed by atoms with Crippen molar-refractivity contribution in [3.05, 3.63) is 59.9 Å². The number of ether oxygens (including phenoxy) is 1. The van der Waals surface area contributed by atoms with E-state index >= 15 is 0 Å². The molecule has 25 heavy (non-hydrogen) atoms. The molecule has 0 spiro atoms. The zero-order chi connectivity index (χ0) is 17.6. The maximum Gasteiger partial charge on any atom is 0.246 e. The van der Waals surface area contributed by atoms with Gasteiger partial charge in [0.15, 0.2) is 0 Å². The van der Waals surface area contributed by atoms with Crippen LogP contribution in [0.2, 0.25) is 0 Å². The van der Waals surface area contributed by atoms with E-state index in [1.165, 1.54) is 25.0 Å². The molecule has 3 rings (SSSR count). The van der Waals surface area contributed by atoms with E-state index in [0.29, 0.717) is 6.61 Å². The SMILES string of the molecule is CC(Nc1cccc(COCC2CC2)c1)C(=O)Nc1ccccc1F. The average molecular weight is 342 g/mol. The van der Waals surface area contributed by atoms with Crippen LogP contribution in [0.15, 0.2) is 48.5 Å². The van der Waals surface area contributed by atoms with Gasteiger partial charge in [0, 0.05) is 12.3 Å². The Labute approximate surface area is 147 Å². The van der Waals surface area contributed by atoms with E-state index in [9.17, 15) is 9.18 Å². The second-order valence-electron chi connectivity index (χ2n) is 6.49. The number of amides is 1. The van der Waals surface area contributed by atoms with Crippen molar-refractivity contribution in [3.8, 4) is 0 Å². The number of halogens is 1. The summed E-state index contributed by atoms with van der Waals surface area (Å²) < 4.78 is 19.3. The Bertz CT molecular complexity index is 731. The zero-order valence-corrected chi connectivity index (χ0v) is 14.3. The molecule has 1 aliphatic rings. The highest BCUT2D eigenvalue weighted by atomic mass is 19.1. The van der Waals surface area contributed by atoms with Gasteiger partial charge in [0.05, 0.1) is 12.3 Å². The van der Waals surface area contributed by atoms with Crippen LogP contribution >= 0.6 is 0 Å². The average Bonchev–Trinajstić information content (AvgIpc) is 3.41. The van der Waals surface area contributed by atoms with Gasteiger partial charge in [-0.25, -0.2) is 4.39 Å². The number of hydrogen-bond acceptors (Lipinski definition) is 3. The first-order valence-corrected chi connectivity index (χ1v) is 8.60. The molecule has 0 saturated heterocycles. The van der Waals surface area contributed by atoms with Gasteiger partial charge < -0.3 is 15.4 Å². The van der Waals surface area contributed by atoms with Gasteiger partial charge in [-0.2, -0.15) is 0 Å². The first-order chi connectivity index (χ1) is 12.1. The number of anilines is 2. The molecule has 2 aromatic carbocycles. The summed E-state index contributed by atoms with van der Waals surface area (Å²) in [6, 6.07) is 13.4. The molecule has 5 heteroatoms. The fraction of sp³-hybridized carbons (Fsp3) is 0.350. The number of carbonyl (C=O) groups excluding carboxylic acids is 1. The topological polar surface area (TPSA) is 50.4 Å². The van der Waals surface area contributed by atoms with Gasteiger partial charge in [-0.05, 0) is 55.5 Å². The molecule has 2 N–H and O–H groups in total. The number of carbonyl (C=O) groups is 1. The summed E-state index contributed by atoms with van der Waals surface area (Å²) >= 11 is 0. The molecule has 132 valence electrons. The highest BCUT2D eigenvalue weighted by Crippen LogP contribution is 2.29. The van der Waals surface area contributed by atoms with E-state index in [-0.39, 0.29) is 11.6 Å². The lowest BCUT2D eigenvalue weighted by atomic mass is 10.2. The largest absolute Gasteiger partial charge is 0.376 e. The van der Waals surface area contributed by atoms with Gasteiger partial charge in [-0.15, -0.1) is 0 Å². The number of nitrogens with one attached hydrogen (secondary N) is 2. The first kappa shape index (κ1) is 17.4. The summed E-state index contributed by atoms with van der Waals surface area (Å²) in [6.45, 7) is 3.13. The Morgan fingerprint density at radius 2 is 2.04 bits per heavy atom. The zero-order valence-electron chi connectivity index (χ0n) is 14.3. The molecule has 2 aromatic rings.